The van der Waals surface area contributed by atoms with Gasteiger partial charge in [-0.05, 0) is 38.0 Å². The van der Waals surface area contributed by atoms with Crippen LogP contribution in [0.1, 0.15) is 25.3 Å². The standard InChI is InChI=1S/C13H20N2O4S/c1-3-19-8-4-5-13(16)15-11-7-6-10(2)12(9-11)20(14,17)18/h6-7,9H,3-5,8H2,1-2H3,(H,15,16)(H2,14,17,18). The van der Waals surface area contributed by atoms with Crippen LogP contribution in [0.4, 0.5) is 5.69 Å². The van der Waals surface area contributed by atoms with E-state index in [4.69, 9.17) is 9.88 Å². The lowest BCUT2D eigenvalue weighted by Crippen LogP contribution is -2.16. The molecule has 0 heterocycles. The quantitative estimate of drug-likeness (QED) is 0.743. The fraction of sp³-hybridized carbons (Fsp3) is 0.462. The number of nitrogens with one attached hydrogen (secondary N) is 1. The van der Waals surface area contributed by atoms with Gasteiger partial charge in [0.15, 0.2) is 0 Å². The third kappa shape index (κ3) is 5.28. The number of benzene rings is 1. The summed E-state index contributed by atoms with van der Waals surface area (Å²) in [5.74, 6) is -0.186. The Bertz CT molecular complexity index is 570. The van der Waals surface area contributed by atoms with Crippen molar-refractivity contribution in [3.8, 4) is 0 Å². The topological polar surface area (TPSA) is 98.5 Å². The van der Waals surface area contributed by atoms with Crippen LogP contribution < -0.4 is 10.5 Å². The number of hydrogen-bond acceptors (Lipinski definition) is 4. The Labute approximate surface area is 119 Å². The highest BCUT2D eigenvalue weighted by molar-refractivity contribution is 7.89. The zero-order valence-electron chi connectivity index (χ0n) is 11.7. The van der Waals surface area contributed by atoms with Crippen LogP contribution in [0, 0.1) is 6.92 Å². The van der Waals surface area contributed by atoms with E-state index in [-0.39, 0.29) is 10.8 Å². The summed E-state index contributed by atoms with van der Waals surface area (Å²) in [6.45, 7) is 4.69. The number of amides is 1. The molecule has 1 aromatic carbocycles. The zero-order valence-corrected chi connectivity index (χ0v) is 12.5. The number of primary sulfonamides is 1. The summed E-state index contributed by atoms with van der Waals surface area (Å²) in [5, 5.41) is 7.76. The van der Waals surface area contributed by atoms with Gasteiger partial charge in [0.2, 0.25) is 15.9 Å². The molecule has 1 amide bonds. The van der Waals surface area contributed by atoms with Gasteiger partial charge < -0.3 is 10.1 Å². The van der Waals surface area contributed by atoms with Crippen LogP contribution in [-0.2, 0) is 19.6 Å². The first kappa shape index (κ1) is 16.6. The fourth-order valence-corrected chi connectivity index (χ4v) is 2.50. The summed E-state index contributed by atoms with van der Waals surface area (Å²) < 4.78 is 27.9. The lowest BCUT2D eigenvalue weighted by Gasteiger charge is -2.09. The molecular weight excluding hydrogens is 280 g/mol. The lowest BCUT2D eigenvalue weighted by molar-refractivity contribution is -0.116. The average Bonchev–Trinajstić information content (AvgIpc) is 2.36. The van der Waals surface area contributed by atoms with Crippen molar-refractivity contribution in [2.75, 3.05) is 18.5 Å². The summed E-state index contributed by atoms with van der Waals surface area (Å²) in [6, 6.07) is 4.62. The number of anilines is 1. The molecule has 0 bridgehead atoms. The second kappa shape index (κ2) is 7.37. The second-order valence-corrected chi connectivity index (χ2v) is 5.90. The molecule has 0 spiro atoms. The summed E-state index contributed by atoms with van der Waals surface area (Å²) >= 11 is 0. The number of carbonyl (C=O) groups excluding carboxylic acids is 1. The van der Waals surface area contributed by atoms with Crippen molar-refractivity contribution in [3.63, 3.8) is 0 Å². The smallest absolute Gasteiger partial charge is 0.238 e. The predicted molar refractivity (Wildman–Crippen MR) is 76.9 cm³/mol. The highest BCUT2D eigenvalue weighted by atomic mass is 32.2. The molecule has 0 radical (unpaired) electrons. The number of aryl methyl sites for hydroxylation is 1. The van der Waals surface area contributed by atoms with Crippen molar-refractivity contribution in [3.05, 3.63) is 23.8 Å². The van der Waals surface area contributed by atoms with Crippen LogP contribution in [0.5, 0.6) is 0 Å². The average molecular weight is 300 g/mol. The Balaban J connectivity index is 2.67. The van der Waals surface area contributed by atoms with Crippen LogP contribution in [0.15, 0.2) is 23.1 Å². The number of carbonyl (C=O) groups is 1. The Morgan fingerprint density at radius 3 is 2.70 bits per heavy atom. The Morgan fingerprint density at radius 1 is 1.40 bits per heavy atom. The number of hydrogen-bond donors (Lipinski definition) is 2. The fourth-order valence-electron chi connectivity index (χ4n) is 1.69. The molecule has 0 unspecified atom stereocenters. The van der Waals surface area contributed by atoms with E-state index in [9.17, 15) is 13.2 Å². The maximum absolute atomic E-state index is 11.7. The molecule has 0 fully saturated rings. The Morgan fingerprint density at radius 2 is 2.10 bits per heavy atom. The molecule has 112 valence electrons. The van der Waals surface area contributed by atoms with E-state index < -0.39 is 10.0 Å². The van der Waals surface area contributed by atoms with E-state index in [1.807, 2.05) is 6.92 Å². The second-order valence-electron chi connectivity index (χ2n) is 4.37. The molecule has 0 aliphatic rings. The molecule has 1 aromatic rings. The molecule has 0 aliphatic carbocycles. The van der Waals surface area contributed by atoms with Gasteiger partial charge in [0, 0.05) is 25.3 Å². The summed E-state index contributed by atoms with van der Waals surface area (Å²) in [4.78, 5) is 11.7. The van der Waals surface area contributed by atoms with Crippen molar-refractivity contribution in [1.29, 1.82) is 0 Å². The predicted octanol–water partition coefficient (Wildman–Crippen LogP) is 1.40. The monoisotopic (exact) mass is 300 g/mol. The van der Waals surface area contributed by atoms with E-state index in [0.717, 1.165) is 0 Å². The number of nitrogens with two attached hydrogens (primary N) is 1. The van der Waals surface area contributed by atoms with Crippen molar-refractivity contribution in [1.82, 2.24) is 0 Å². The van der Waals surface area contributed by atoms with Gasteiger partial charge in [-0.25, -0.2) is 13.6 Å². The first-order valence-corrected chi connectivity index (χ1v) is 7.90. The minimum Gasteiger partial charge on any atom is -0.382 e. The largest absolute Gasteiger partial charge is 0.382 e. The van der Waals surface area contributed by atoms with Gasteiger partial charge in [0.25, 0.3) is 0 Å². The van der Waals surface area contributed by atoms with Crippen molar-refractivity contribution < 1.29 is 17.9 Å². The van der Waals surface area contributed by atoms with Gasteiger partial charge in [0.05, 0.1) is 4.90 Å². The molecule has 1 rings (SSSR count). The molecule has 6 nitrogen and oxygen atoms in total. The molecule has 0 aromatic heterocycles. The highest BCUT2D eigenvalue weighted by Crippen LogP contribution is 2.19. The first-order valence-electron chi connectivity index (χ1n) is 6.35. The van der Waals surface area contributed by atoms with Gasteiger partial charge in [0.1, 0.15) is 0 Å². The molecule has 7 heteroatoms. The minimum atomic E-state index is -3.79. The molecule has 20 heavy (non-hydrogen) atoms. The number of sulfonamides is 1. The summed E-state index contributed by atoms with van der Waals surface area (Å²) in [6.07, 6.45) is 0.937. The lowest BCUT2D eigenvalue weighted by atomic mass is 10.2. The van der Waals surface area contributed by atoms with Gasteiger partial charge in [-0.1, -0.05) is 6.07 Å². The SMILES string of the molecule is CCOCCCC(=O)Nc1ccc(C)c(S(N)(=O)=O)c1. The van der Waals surface area contributed by atoms with Crippen molar-refractivity contribution >= 4 is 21.6 Å². The van der Waals surface area contributed by atoms with Crippen LogP contribution in [-0.4, -0.2) is 27.5 Å². The maximum atomic E-state index is 11.7. The Hall–Kier alpha value is -1.44. The van der Waals surface area contributed by atoms with Gasteiger partial charge in [-0.2, -0.15) is 0 Å². The molecule has 0 saturated heterocycles. The minimum absolute atomic E-state index is 0.0182. The third-order valence-corrected chi connectivity index (χ3v) is 3.73. The van der Waals surface area contributed by atoms with Crippen LogP contribution in [0.3, 0.4) is 0 Å². The number of ether oxygens (including phenoxy) is 1. The van der Waals surface area contributed by atoms with E-state index in [1.165, 1.54) is 6.07 Å². The number of rotatable bonds is 7. The molecule has 0 aliphatic heterocycles. The van der Waals surface area contributed by atoms with E-state index >= 15 is 0 Å². The Kier molecular flexibility index (Phi) is 6.12. The van der Waals surface area contributed by atoms with E-state index in [1.54, 1.807) is 19.1 Å². The van der Waals surface area contributed by atoms with Gasteiger partial charge in [-0.3, -0.25) is 4.79 Å². The van der Waals surface area contributed by atoms with Crippen LogP contribution in [0.2, 0.25) is 0 Å². The third-order valence-electron chi connectivity index (χ3n) is 2.68. The van der Waals surface area contributed by atoms with Crippen molar-refractivity contribution in [2.24, 2.45) is 5.14 Å². The van der Waals surface area contributed by atoms with Gasteiger partial charge >= 0.3 is 0 Å². The van der Waals surface area contributed by atoms with E-state index in [2.05, 4.69) is 5.32 Å². The molecule has 3 N–H and O–H groups in total. The summed E-state index contributed by atoms with van der Waals surface area (Å²) in [5.41, 5.74) is 0.961. The molecular formula is C13H20N2O4S. The normalized spacial score (nSPS) is 11.3. The van der Waals surface area contributed by atoms with Crippen molar-refractivity contribution in [2.45, 2.75) is 31.6 Å². The zero-order chi connectivity index (χ0) is 15.2. The first-order chi connectivity index (χ1) is 9.34. The molecule has 0 atom stereocenters. The van der Waals surface area contributed by atoms with Crippen LogP contribution in [0.25, 0.3) is 0 Å². The van der Waals surface area contributed by atoms with E-state index in [0.29, 0.717) is 37.3 Å². The maximum Gasteiger partial charge on any atom is 0.238 e. The van der Waals surface area contributed by atoms with Gasteiger partial charge in [-0.15, -0.1) is 0 Å². The summed E-state index contributed by atoms with van der Waals surface area (Å²) in [7, 11) is -3.79. The van der Waals surface area contributed by atoms with Crippen LogP contribution >= 0.6 is 0 Å². The highest BCUT2D eigenvalue weighted by Gasteiger charge is 2.13. The molecule has 0 saturated carbocycles.